The van der Waals surface area contributed by atoms with E-state index in [2.05, 4.69) is 5.10 Å². The number of benzene rings is 2. The van der Waals surface area contributed by atoms with Gasteiger partial charge in [-0.25, -0.2) is 4.57 Å². The molecule has 10 heteroatoms. The summed E-state index contributed by atoms with van der Waals surface area (Å²) in [6.07, 6.45) is 8.05. The van der Waals surface area contributed by atoms with E-state index in [0.29, 0.717) is 33.1 Å². The Bertz CT molecular complexity index is 1660. The van der Waals surface area contributed by atoms with Crippen LogP contribution in [0.3, 0.4) is 0 Å². The van der Waals surface area contributed by atoms with Crippen molar-refractivity contribution in [1.29, 1.82) is 5.26 Å². The molecule has 0 fully saturated rings. The lowest BCUT2D eigenvalue weighted by Crippen LogP contribution is -2.23. The zero-order valence-electron chi connectivity index (χ0n) is 20.1. The third kappa shape index (κ3) is 5.02. The maximum Gasteiger partial charge on any atom is 0.280 e. The van der Waals surface area contributed by atoms with Gasteiger partial charge in [0.1, 0.15) is 17.3 Å². The Balaban J connectivity index is 1.63. The lowest BCUT2D eigenvalue weighted by Gasteiger charge is -2.15. The van der Waals surface area contributed by atoms with Crippen LogP contribution < -0.4 is 10.6 Å². The predicted molar refractivity (Wildman–Crippen MR) is 151 cm³/mol. The van der Waals surface area contributed by atoms with E-state index in [9.17, 15) is 20.0 Å². The highest BCUT2D eigenvalue weighted by Gasteiger charge is 2.31. The van der Waals surface area contributed by atoms with Crippen LogP contribution >= 0.6 is 34.8 Å². The monoisotopic (exact) mass is 564 g/mol. The van der Waals surface area contributed by atoms with Gasteiger partial charge in [0.2, 0.25) is 5.88 Å². The van der Waals surface area contributed by atoms with Gasteiger partial charge in [-0.05, 0) is 55.8 Å². The summed E-state index contributed by atoms with van der Waals surface area (Å²) in [5, 5.41) is 26.6. The number of para-hydroxylation sites is 1. The molecule has 0 saturated heterocycles. The average Bonchev–Trinajstić information content (AvgIpc) is 3.14. The Hall–Kier alpha value is -4.09. The van der Waals surface area contributed by atoms with E-state index in [-0.39, 0.29) is 27.2 Å². The van der Waals surface area contributed by atoms with Crippen LogP contribution in [0, 0.1) is 18.3 Å². The molecule has 38 heavy (non-hydrogen) atoms. The standard InChI is InChI=1S/C28H19Cl3N4O3/c1-16-20(26(36)34(27(37)22(16)15-32)19-9-5-3-6-10-19)11-7-4-8-12-21-17(2)33-35(28(21)38)25-23(30)13-18(29)14-24(25)31/h3-14,36H,1-2H3/b8-4+,11-7+,21-12-. The number of anilines is 1. The smallest absolute Gasteiger partial charge is 0.280 e. The Morgan fingerprint density at radius 3 is 2.29 bits per heavy atom. The van der Waals surface area contributed by atoms with E-state index < -0.39 is 11.5 Å². The Kier molecular flexibility index (Phi) is 7.88. The lowest BCUT2D eigenvalue weighted by molar-refractivity contribution is -0.114. The largest absolute Gasteiger partial charge is 0.494 e. The van der Waals surface area contributed by atoms with Crippen molar-refractivity contribution in [3.05, 3.63) is 114 Å². The maximum atomic E-state index is 13.0. The molecule has 7 nitrogen and oxygen atoms in total. The fraction of sp³-hybridized carbons (Fsp3) is 0.0714. The third-order valence-corrected chi connectivity index (χ3v) is 6.57. The van der Waals surface area contributed by atoms with Gasteiger partial charge in [0.05, 0.1) is 27.0 Å². The van der Waals surface area contributed by atoms with Crippen LogP contribution in [0.5, 0.6) is 5.88 Å². The number of rotatable bonds is 5. The van der Waals surface area contributed by atoms with Crippen LogP contribution in [0.2, 0.25) is 15.1 Å². The third-order valence-electron chi connectivity index (χ3n) is 5.78. The van der Waals surface area contributed by atoms with Crippen LogP contribution in [-0.4, -0.2) is 21.3 Å². The molecule has 0 atom stereocenters. The number of hydrazone groups is 1. The van der Waals surface area contributed by atoms with Gasteiger partial charge < -0.3 is 5.11 Å². The molecule has 1 aliphatic heterocycles. The molecular formula is C28H19Cl3N4O3. The highest BCUT2D eigenvalue weighted by molar-refractivity contribution is 6.43. The van der Waals surface area contributed by atoms with Crippen LogP contribution in [0.1, 0.15) is 23.6 Å². The number of aromatic hydroxyl groups is 1. The highest BCUT2D eigenvalue weighted by Crippen LogP contribution is 2.39. The topological polar surface area (TPSA) is 98.7 Å². The summed E-state index contributed by atoms with van der Waals surface area (Å²) in [4.78, 5) is 25.8. The number of nitrogens with zero attached hydrogens (tertiary/aromatic N) is 4. The molecule has 1 amide bonds. The maximum absolute atomic E-state index is 13.0. The van der Waals surface area contributed by atoms with Gasteiger partial charge in [0.25, 0.3) is 11.5 Å². The number of carbonyl (C=O) groups is 1. The Morgan fingerprint density at radius 1 is 1.00 bits per heavy atom. The second-order valence-electron chi connectivity index (χ2n) is 8.17. The molecule has 0 saturated carbocycles. The summed E-state index contributed by atoms with van der Waals surface area (Å²) < 4.78 is 1.09. The van der Waals surface area contributed by atoms with Crippen LogP contribution in [0.4, 0.5) is 5.69 Å². The second kappa shape index (κ2) is 11.1. The van der Waals surface area contributed by atoms with Crippen molar-refractivity contribution < 1.29 is 9.90 Å². The van der Waals surface area contributed by atoms with Gasteiger partial charge in [-0.1, -0.05) is 71.2 Å². The quantitative estimate of drug-likeness (QED) is 0.278. The molecule has 2 aromatic carbocycles. The number of halogens is 3. The zero-order chi connectivity index (χ0) is 27.6. The van der Waals surface area contributed by atoms with Crippen molar-refractivity contribution in [3.63, 3.8) is 0 Å². The average molecular weight is 566 g/mol. The van der Waals surface area contributed by atoms with Crippen molar-refractivity contribution in [2.24, 2.45) is 5.10 Å². The molecule has 1 aromatic heterocycles. The van der Waals surface area contributed by atoms with E-state index in [1.54, 1.807) is 74.6 Å². The molecule has 3 aromatic rings. The van der Waals surface area contributed by atoms with E-state index in [1.165, 1.54) is 12.1 Å². The van der Waals surface area contributed by atoms with Gasteiger partial charge in [-0.15, -0.1) is 0 Å². The van der Waals surface area contributed by atoms with Gasteiger partial charge in [0, 0.05) is 10.6 Å². The number of hydrogen-bond acceptors (Lipinski definition) is 5. The first kappa shape index (κ1) is 27.0. The van der Waals surface area contributed by atoms with E-state index in [4.69, 9.17) is 34.8 Å². The van der Waals surface area contributed by atoms with Gasteiger partial charge in [-0.2, -0.15) is 15.4 Å². The molecule has 1 aliphatic rings. The number of amides is 1. The van der Waals surface area contributed by atoms with Gasteiger partial charge in [-0.3, -0.25) is 9.59 Å². The normalized spacial score (nSPS) is 14.6. The van der Waals surface area contributed by atoms with E-state index >= 15 is 0 Å². The number of aromatic nitrogens is 1. The van der Waals surface area contributed by atoms with Crippen LogP contribution in [0.15, 0.2) is 82.2 Å². The summed E-state index contributed by atoms with van der Waals surface area (Å²) in [6, 6.07) is 13.4. The van der Waals surface area contributed by atoms with Crippen molar-refractivity contribution >= 4 is 58.2 Å². The summed E-state index contributed by atoms with van der Waals surface area (Å²) in [5.41, 5.74) is 1.46. The van der Waals surface area contributed by atoms with Crippen LogP contribution in [-0.2, 0) is 4.79 Å². The summed E-state index contributed by atoms with van der Waals surface area (Å²) in [5.74, 6) is -0.702. The first-order chi connectivity index (χ1) is 18.1. The number of hydrogen-bond donors (Lipinski definition) is 1. The molecule has 190 valence electrons. The number of nitriles is 1. The molecule has 0 bridgehead atoms. The van der Waals surface area contributed by atoms with E-state index in [0.717, 1.165) is 9.58 Å². The molecule has 0 unspecified atom stereocenters. The Morgan fingerprint density at radius 2 is 1.66 bits per heavy atom. The summed E-state index contributed by atoms with van der Waals surface area (Å²) in [7, 11) is 0. The first-order valence-corrected chi connectivity index (χ1v) is 12.3. The van der Waals surface area contributed by atoms with E-state index in [1.807, 2.05) is 6.07 Å². The molecule has 0 radical (unpaired) electrons. The first-order valence-electron chi connectivity index (χ1n) is 11.2. The van der Waals surface area contributed by atoms with Crippen LogP contribution in [0.25, 0.3) is 11.8 Å². The number of pyridine rings is 1. The minimum absolute atomic E-state index is 0.0691. The fourth-order valence-electron chi connectivity index (χ4n) is 3.91. The number of allylic oxidation sites excluding steroid dienone is 4. The second-order valence-corrected chi connectivity index (χ2v) is 9.42. The SMILES string of the molecule is CC1=NN(c2c(Cl)cc(Cl)cc2Cl)C(=O)\C1=C/C=C/C=C/c1c(C)c(C#N)c(=O)n(-c2ccccc2)c1O. The van der Waals surface area contributed by atoms with Crippen molar-refractivity contribution in [2.45, 2.75) is 13.8 Å². The fourth-order valence-corrected chi connectivity index (χ4v) is 4.88. The van der Waals surface area contributed by atoms with Crippen molar-refractivity contribution in [3.8, 4) is 17.6 Å². The number of carbonyl (C=O) groups excluding carboxylic acids is 1. The molecular weight excluding hydrogens is 547 g/mol. The zero-order valence-corrected chi connectivity index (χ0v) is 22.4. The highest BCUT2D eigenvalue weighted by atomic mass is 35.5. The summed E-state index contributed by atoms with van der Waals surface area (Å²) in [6.45, 7) is 3.28. The minimum atomic E-state index is -0.605. The molecule has 1 N–H and O–H groups in total. The minimum Gasteiger partial charge on any atom is -0.494 e. The molecule has 0 spiro atoms. The molecule has 4 rings (SSSR count). The van der Waals surface area contributed by atoms with Crippen molar-refractivity contribution in [2.75, 3.05) is 5.01 Å². The summed E-state index contributed by atoms with van der Waals surface area (Å²) >= 11 is 18.5. The molecule has 2 heterocycles. The van der Waals surface area contributed by atoms with Crippen molar-refractivity contribution in [1.82, 2.24) is 4.57 Å². The lowest BCUT2D eigenvalue weighted by atomic mass is 10.0. The molecule has 0 aliphatic carbocycles. The predicted octanol–water partition coefficient (Wildman–Crippen LogP) is 6.60. The van der Waals surface area contributed by atoms with Gasteiger partial charge >= 0.3 is 0 Å². The Labute approximate surface area is 233 Å². The van der Waals surface area contributed by atoms with Gasteiger partial charge in [0.15, 0.2) is 0 Å².